The first-order valence-electron chi connectivity index (χ1n) is 14.0. The molecule has 0 N–H and O–H groups in total. The van der Waals surface area contributed by atoms with Gasteiger partial charge in [0.05, 0.1) is 5.52 Å². The number of para-hydroxylation sites is 3. The van der Waals surface area contributed by atoms with Gasteiger partial charge >= 0.3 is 0 Å². The molecule has 0 unspecified atom stereocenters. The summed E-state index contributed by atoms with van der Waals surface area (Å²) >= 11 is 0. The summed E-state index contributed by atoms with van der Waals surface area (Å²) in [5, 5.41) is 2.66. The molecule has 2 aliphatic rings. The van der Waals surface area contributed by atoms with E-state index in [9.17, 15) is 0 Å². The van der Waals surface area contributed by atoms with E-state index in [0.29, 0.717) is 0 Å². The summed E-state index contributed by atoms with van der Waals surface area (Å²) in [5.74, 6) is 0. The molecule has 0 fully saturated rings. The molecule has 0 radical (unpaired) electrons. The molecule has 3 heterocycles. The Labute approximate surface area is 233 Å². The molecule has 0 atom stereocenters. The van der Waals surface area contributed by atoms with E-state index in [1.54, 1.807) is 0 Å². The third kappa shape index (κ3) is 2.95. The van der Waals surface area contributed by atoms with Crippen molar-refractivity contribution in [1.82, 2.24) is 4.57 Å². The minimum Gasteiger partial charge on any atom is -0.310 e. The Balaban J connectivity index is 1.39. The number of hydrogen-bond acceptors (Lipinski definition) is 1. The third-order valence-electron chi connectivity index (χ3n) is 8.85. The molecule has 40 heavy (non-hydrogen) atoms. The summed E-state index contributed by atoms with van der Waals surface area (Å²) in [5.41, 5.74) is 14.6. The monoisotopic (exact) mass is 508 g/mol. The van der Waals surface area contributed by atoms with Crippen molar-refractivity contribution in [3.05, 3.63) is 151 Å². The van der Waals surface area contributed by atoms with Gasteiger partial charge in [-0.1, -0.05) is 103 Å². The zero-order chi connectivity index (χ0) is 26.2. The Morgan fingerprint density at radius 2 is 1.23 bits per heavy atom. The van der Waals surface area contributed by atoms with Gasteiger partial charge in [0.15, 0.2) is 0 Å². The van der Waals surface area contributed by atoms with E-state index >= 15 is 0 Å². The van der Waals surface area contributed by atoms with Crippen LogP contribution in [-0.2, 0) is 6.42 Å². The Hall–Kier alpha value is -5.02. The van der Waals surface area contributed by atoms with Crippen LogP contribution in [0.1, 0.15) is 11.1 Å². The first-order chi connectivity index (χ1) is 19.9. The Morgan fingerprint density at radius 1 is 0.525 bits per heavy atom. The molecule has 0 saturated carbocycles. The van der Waals surface area contributed by atoms with Crippen molar-refractivity contribution < 1.29 is 0 Å². The molecule has 2 aliphatic heterocycles. The average Bonchev–Trinajstić information content (AvgIpc) is 3.36. The summed E-state index contributed by atoms with van der Waals surface area (Å²) in [6.45, 7) is 0.228. The van der Waals surface area contributed by atoms with Crippen LogP contribution in [0, 0.1) is 0 Å². The highest BCUT2D eigenvalue weighted by molar-refractivity contribution is 6.99. The zero-order valence-corrected chi connectivity index (χ0v) is 22.0. The molecule has 9 rings (SSSR count). The maximum absolute atomic E-state index is 2.54. The summed E-state index contributed by atoms with van der Waals surface area (Å²) < 4.78 is 2.54. The second kappa shape index (κ2) is 8.24. The zero-order valence-electron chi connectivity index (χ0n) is 22.0. The normalized spacial score (nSPS) is 12.8. The number of aromatic nitrogens is 1. The minimum absolute atomic E-state index is 0.228. The van der Waals surface area contributed by atoms with E-state index in [1.165, 1.54) is 55.0 Å². The maximum Gasteiger partial charge on any atom is 0.247 e. The topological polar surface area (TPSA) is 8.17 Å². The average molecular weight is 508 g/mol. The summed E-state index contributed by atoms with van der Waals surface area (Å²) in [6.07, 6.45) is 0.989. The maximum atomic E-state index is 2.54. The van der Waals surface area contributed by atoms with E-state index in [-0.39, 0.29) is 6.71 Å². The fraction of sp³-hybridized carbons (Fsp3) is 0.0270. The fourth-order valence-corrected chi connectivity index (χ4v) is 7.22. The minimum atomic E-state index is 0.228. The van der Waals surface area contributed by atoms with Crippen LogP contribution in [-0.4, -0.2) is 11.3 Å². The van der Waals surface area contributed by atoms with Gasteiger partial charge in [-0.25, -0.2) is 0 Å². The van der Waals surface area contributed by atoms with Gasteiger partial charge in [-0.2, -0.15) is 0 Å². The third-order valence-corrected chi connectivity index (χ3v) is 8.85. The molecule has 1 aromatic heterocycles. The molecule has 0 saturated heterocycles. The second-order valence-corrected chi connectivity index (χ2v) is 10.9. The fourth-order valence-electron chi connectivity index (χ4n) is 7.22. The smallest absolute Gasteiger partial charge is 0.247 e. The van der Waals surface area contributed by atoms with Crippen molar-refractivity contribution in [3.8, 4) is 5.69 Å². The first-order valence-corrected chi connectivity index (χ1v) is 14.0. The van der Waals surface area contributed by atoms with Crippen molar-refractivity contribution in [1.29, 1.82) is 0 Å². The molecule has 3 heteroatoms. The quantitative estimate of drug-likeness (QED) is 0.234. The molecule has 7 aromatic rings. The van der Waals surface area contributed by atoms with Crippen LogP contribution >= 0.6 is 0 Å². The molecular formula is C37H25BN2. The predicted octanol–water partition coefficient (Wildman–Crippen LogP) is 6.99. The van der Waals surface area contributed by atoms with Gasteiger partial charge in [0.2, 0.25) is 6.71 Å². The standard InChI is InChI=1S/C37H25BN2/c1-3-12-27(13-4-1)39(28-14-5-2-6-15-28)29-20-22-33-35(24-29)40-34-18-10-8-16-30(34)31-21-19-26-23-25-11-7-9-17-32(25)38(33)36(26)37(31)40/h1-22,24H,23H2. The van der Waals surface area contributed by atoms with Gasteiger partial charge in [0.25, 0.3) is 0 Å². The van der Waals surface area contributed by atoms with Crippen LogP contribution in [0.5, 0.6) is 0 Å². The van der Waals surface area contributed by atoms with Gasteiger partial charge in [-0.15, -0.1) is 0 Å². The van der Waals surface area contributed by atoms with Gasteiger partial charge in [-0.3, -0.25) is 0 Å². The van der Waals surface area contributed by atoms with Gasteiger partial charge in [-0.05, 0) is 70.9 Å². The van der Waals surface area contributed by atoms with Crippen molar-refractivity contribution in [2.45, 2.75) is 6.42 Å². The van der Waals surface area contributed by atoms with Crippen molar-refractivity contribution in [2.75, 3.05) is 4.90 Å². The van der Waals surface area contributed by atoms with Crippen molar-refractivity contribution >= 4 is 62.0 Å². The van der Waals surface area contributed by atoms with Crippen LogP contribution in [0.15, 0.2) is 140 Å². The highest BCUT2D eigenvalue weighted by Gasteiger charge is 2.39. The van der Waals surface area contributed by atoms with Crippen LogP contribution in [0.3, 0.4) is 0 Å². The summed E-state index contributed by atoms with van der Waals surface area (Å²) in [6, 6.07) is 51.2. The lowest BCUT2D eigenvalue weighted by Crippen LogP contribution is -2.60. The van der Waals surface area contributed by atoms with Gasteiger partial charge in [0, 0.05) is 39.0 Å². The van der Waals surface area contributed by atoms with Gasteiger partial charge < -0.3 is 9.47 Å². The predicted molar refractivity (Wildman–Crippen MR) is 169 cm³/mol. The molecule has 0 amide bonds. The lowest BCUT2D eigenvalue weighted by atomic mass is 9.32. The number of anilines is 3. The molecule has 0 aliphatic carbocycles. The SMILES string of the molecule is c1ccc(N(c2ccccc2)c2ccc3c(c2)-n2c4ccccc4c4ccc5c(c42)B3c2ccccc2C5)cc1. The van der Waals surface area contributed by atoms with Crippen molar-refractivity contribution in [3.63, 3.8) is 0 Å². The van der Waals surface area contributed by atoms with Crippen LogP contribution in [0.4, 0.5) is 17.1 Å². The highest BCUT2D eigenvalue weighted by atomic mass is 15.1. The van der Waals surface area contributed by atoms with E-state index in [0.717, 1.165) is 23.5 Å². The highest BCUT2D eigenvalue weighted by Crippen LogP contribution is 2.39. The molecule has 0 spiro atoms. The Morgan fingerprint density at radius 3 is 2.02 bits per heavy atom. The van der Waals surface area contributed by atoms with E-state index in [2.05, 4.69) is 149 Å². The number of fused-ring (bicyclic) bond motifs is 8. The number of nitrogens with zero attached hydrogens (tertiary/aromatic N) is 2. The van der Waals surface area contributed by atoms with Crippen molar-refractivity contribution in [2.24, 2.45) is 0 Å². The molecule has 0 bridgehead atoms. The van der Waals surface area contributed by atoms with Crippen LogP contribution in [0.2, 0.25) is 0 Å². The largest absolute Gasteiger partial charge is 0.310 e. The molecule has 186 valence electrons. The van der Waals surface area contributed by atoms with E-state index in [4.69, 9.17) is 0 Å². The summed E-state index contributed by atoms with van der Waals surface area (Å²) in [7, 11) is 0. The van der Waals surface area contributed by atoms with Crippen LogP contribution < -0.4 is 21.3 Å². The number of rotatable bonds is 3. The number of benzene rings is 6. The first kappa shape index (κ1) is 21.9. The number of hydrogen-bond donors (Lipinski definition) is 0. The van der Waals surface area contributed by atoms with Gasteiger partial charge in [0.1, 0.15) is 0 Å². The lowest BCUT2D eigenvalue weighted by molar-refractivity contribution is 1.16. The lowest BCUT2D eigenvalue weighted by Gasteiger charge is -2.34. The molecule has 6 aromatic carbocycles. The van der Waals surface area contributed by atoms with Crippen LogP contribution in [0.25, 0.3) is 27.5 Å². The van der Waals surface area contributed by atoms with E-state index in [1.807, 2.05) is 0 Å². The molecular weight excluding hydrogens is 483 g/mol. The Kier molecular flexibility index (Phi) is 4.51. The molecule has 2 nitrogen and oxygen atoms in total. The summed E-state index contributed by atoms with van der Waals surface area (Å²) in [4.78, 5) is 2.37. The second-order valence-electron chi connectivity index (χ2n) is 10.9. The Bertz CT molecular complexity index is 2050. The van der Waals surface area contributed by atoms with E-state index < -0.39 is 0 Å².